The monoisotopic (exact) mass is 418 g/mol. The van der Waals surface area contributed by atoms with Gasteiger partial charge in [0.05, 0.1) is 5.69 Å². The highest BCUT2D eigenvalue weighted by atomic mass is 32.1. The van der Waals surface area contributed by atoms with E-state index in [1.807, 2.05) is 53.9 Å². The molecule has 1 aliphatic heterocycles. The minimum absolute atomic E-state index is 0.0150. The van der Waals surface area contributed by atoms with Crippen LogP contribution < -0.4 is 5.32 Å². The molecule has 0 radical (unpaired) electrons. The zero-order valence-electron chi connectivity index (χ0n) is 16.4. The number of carbonyl (C=O) groups is 2. The molecule has 1 fully saturated rings. The summed E-state index contributed by atoms with van der Waals surface area (Å²) >= 11 is 1.40. The van der Waals surface area contributed by atoms with E-state index in [9.17, 15) is 9.59 Å². The Morgan fingerprint density at radius 2 is 1.90 bits per heavy atom. The van der Waals surface area contributed by atoms with Crippen molar-refractivity contribution >= 4 is 34.4 Å². The predicted molar refractivity (Wildman–Crippen MR) is 119 cm³/mol. The molecule has 1 aliphatic rings. The summed E-state index contributed by atoms with van der Waals surface area (Å²) in [6, 6.07) is 13.5. The molecule has 0 aliphatic carbocycles. The predicted octanol–water partition coefficient (Wildman–Crippen LogP) is 4.10. The standard InChI is InChI=1S/C23H22N4O2S/c28-21(9-8-17-5-2-1-3-6-17)27-13-10-18(11-14-27)22(29)26-23-25-20(16-30-23)19-7-4-12-24-15-19/h1-9,12,15-16,18H,10-11,13-14H2,(H,25,26,29)/b9-8+. The van der Waals surface area contributed by atoms with Gasteiger partial charge in [0, 0.05) is 48.4 Å². The Labute approximate surface area is 179 Å². The van der Waals surface area contributed by atoms with Crippen LogP contribution >= 0.6 is 11.3 Å². The Kier molecular flexibility index (Phi) is 6.29. The number of nitrogens with zero attached hydrogens (tertiary/aromatic N) is 3. The first kappa shape index (κ1) is 20.0. The van der Waals surface area contributed by atoms with Crippen LogP contribution in [-0.4, -0.2) is 39.8 Å². The molecule has 2 aromatic heterocycles. The minimum atomic E-state index is -0.113. The summed E-state index contributed by atoms with van der Waals surface area (Å²) in [4.78, 5) is 35.4. The zero-order chi connectivity index (χ0) is 20.8. The molecular formula is C23H22N4O2S. The molecule has 152 valence electrons. The normalized spacial score (nSPS) is 14.7. The smallest absolute Gasteiger partial charge is 0.246 e. The van der Waals surface area contributed by atoms with E-state index < -0.39 is 0 Å². The number of piperidine rings is 1. The molecule has 1 N–H and O–H groups in total. The van der Waals surface area contributed by atoms with Gasteiger partial charge in [-0.05, 0) is 36.6 Å². The molecule has 30 heavy (non-hydrogen) atoms. The summed E-state index contributed by atoms with van der Waals surface area (Å²) in [5, 5.41) is 5.42. The number of rotatable bonds is 5. The Balaban J connectivity index is 1.28. The van der Waals surface area contributed by atoms with Crippen molar-refractivity contribution in [3.05, 3.63) is 71.9 Å². The quantitative estimate of drug-likeness (QED) is 0.633. The van der Waals surface area contributed by atoms with Crippen molar-refractivity contribution in [1.82, 2.24) is 14.9 Å². The lowest BCUT2D eigenvalue weighted by Gasteiger charge is -2.30. The number of carbonyl (C=O) groups excluding carboxylic acids is 2. The molecule has 7 heteroatoms. The summed E-state index contributed by atoms with van der Waals surface area (Å²) < 4.78 is 0. The highest BCUT2D eigenvalue weighted by Gasteiger charge is 2.27. The number of pyridine rings is 1. The van der Waals surface area contributed by atoms with E-state index in [1.165, 1.54) is 11.3 Å². The first-order chi connectivity index (χ1) is 14.7. The second-order valence-corrected chi connectivity index (χ2v) is 7.97. The lowest BCUT2D eigenvalue weighted by atomic mass is 9.96. The Hall–Kier alpha value is -3.32. The van der Waals surface area contributed by atoms with Crippen molar-refractivity contribution in [2.45, 2.75) is 12.8 Å². The maximum Gasteiger partial charge on any atom is 0.246 e. The SMILES string of the molecule is O=C(Nc1nc(-c2cccnc2)cs1)C1CCN(C(=O)/C=C/c2ccccc2)CC1. The fourth-order valence-electron chi connectivity index (χ4n) is 3.38. The highest BCUT2D eigenvalue weighted by Crippen LogP contribution is 2.26. The molecule has 0 saturated carbocycles. The zero-order valence-corrected chi connectivity index (χ0v) is 17.2. The van der Waals surface area contributed by atoms with Gasteiger partial charge in [0.2, 0.25) is 11.8 Å². The van der Waals surface area contributed by atoms with Crippen molar-refractivity contribution in [2.75, 3.05) is 18.4 Å². The summed E-state index contributed by atoms with van der Waals surface area (Å²) in [6.07, 6.45) is 8.19. The van der Waals surface area contributed by atoms with Gasteiger partial charge in [-0.15, -0.1) is 11.3 Å². The topological polar surface area (TPSA) is 75.2 Å². The van der Waals surface area contributed by atoms with E-state index in [4.69, 9.17) is 0 Å². The highest BCUT2D eigenvalue weighted by molar-refractivity contribution is 7.14. The van der Waals surface area contributed by atoms with Gasteiger partial charge in [0.1, 0.15) is 0 Å². The number of amides is 2. The number of benzene rings is 1. The van der Waals surface area contributed by atoms with Gasteiger partial charge in [-0.3, -0.25) is 14.6 Å². The summed E-state index contributed by atoms with van der Waals surface area (Å²) in [5.74, 6) is -0.161. The molecule has 1 saturated heterocycles. The van der Waals surface area contributed by atoms with Gasteiger partial charge in [-0.1, -0.05) is 30.3 Å². The van der Waals surface area contributed by atoms with Crippen molar-refractivity contribution in [1.29, 1.82) is 0 Å². The number of nitrogens with one attached hydrogen (secondary N) is 1. The number of hydrogen-bond donors (Lipinski definition) is 1. The van der Waals surface area contributed by atoms with Crippen molar-refractivity contribution < 1.29 is 9.59 Å². The lowest BCUT2D eigenvalue weighted by molar-refractivity contribution is -0.130. The summed E-state index contributed by atoms with van der Waals surface area (Å²) in [6.45, 7) is 1.16. The van der Waals surface area contributed by atoms with Crippen molar-refractivity contribution in [3.63, 3.8) is 0 Å². The number of anilines is 1. The van der Waals surface area contributed by atoms with E-state index in [1.54, 1.807) is 23.4 Å². The van der Waals surface area contributed by atoms with E-state index >= 15 is 0 Å². The third kappa shape index (κ3) is 4.99. The van der Waals surface area contributed by atoms with E-state index in [-0.39, 0.29) is 17.7 Å². The lowest BCUT2D eigenvalue weighted by Crippen LogP contribution is -2.40. The first-order valence-electron chi connectivity index (χ1n) is 9.88. The van der Waals surface area contributed by atoms with Gasteiger partial charge >= 0.3 is 0 Å². The average molecular weight is 419 g/mol. The number of hydrogen-bond acceptors (Lipinski definition) is 5. The van der Waals surface area contributed by atoms with Gasteiger partial charge in [-0.25, -0.2) is 4.98 Å². The van der Waals surface area contributed by atoms with Crippen LogP contribution in [0.4, 0.5) is 5.13 Å². The molecule has 3 aromatic rings. The maximum atomic E-state index is 12.6. The second-order valence-electron chi connectivity index (χ2n) is 7.11. The van der Waals surface area contributed by atoms with Crippen molar-refractivity contribution in [3.8, 4) is 11.3 Å². The molecule has 4 rings (SSSR count). The Morgan fingerprint density at radius 3 is 2.63 bits per heavy atom. The average Bonchev–Trinajstić information content (AvgIpc) is 3.27. The van der Waals surface area contributed by atoms with Crippen LogP contribution in [0.2, 0.25) is 0 Å². The fraction of sp³-hybridized carbons (Fsp3) is 0.217. The molecule has 6 nitrogen and oxygen atoms in total. The molecule has 0 unspecified atom stereocenters. The van der Waals surface area contributed by atoms with Crippen LogP contribution in [0.1, 0.15) is 18.4 Å². The van der Waals surface area contributed by atoms with Crippen LogP contribution in [0.5, 0.6) is 0 Å². The summed E-state index contributed by atoms with van der Waals surface area (Å²) in [7, 11) is 0. The van der Waals surface area contributed by atoms with Gasteiger partial charge in [0.25, 0.3) is 0 Å². The maximum absolute atomic E-state index is 12.6. The first-order valence-corrected chi connectivity index (χ1v) is 10.8. The van der Waals surface area contributed by atoms with E-state index in [0.717, 1.165) is 16.8 Å². The molecule has 3 heterocycles. The third-order valence-electron chi connectivity index (χ3n) is 5.09. The third-order valence-corrected chi connectivity index (χ3v) is 5.84. The molecule has 1 aromatic carbocycles. The van der Waals surface area contributed by atoms with Gasteiger partial charge in [0.15, 0.2) is 5.13 Å². The van der Waals surface area contributed by atoms with Gasteiger partial charge < -0.3 is 10.2 Å². The molecular weight excluding hydrogens is 396 g/mol. The summed E-state index contributed by atoms with van der Waals surface area (Å²) in [5.41, 5.74) is 2.72. The van der Waals surface area contributed by atoms with E-state index in [2.05, 4.69) is 15.3 Å². The fourth-order valence-corrected chi connectivity index (χ4v) is 4.11. The largest absolute Gasteiger partial charge is 0.339 e. The van der Waals surface area contributed by atoms with Crippen LogP contribution in [0.15, 0.2) is 66.3 Å². The van der Waals surface area contributed by atoms with E-state index in [0.29, 0.717) is 31.1 Å². The van der Waals surface area contributed by atoms with Crippen molar-refractivity contribution in [2.24, 2.45) is 5.92 Å². The number of likely N-dealkylation sites (tertiary alicyclic amines) is 1. The second kappa shape index (κ2) is 9.45. The van der Waals surface area contributed by atoms with Gasteiger partial charge in [-0.2, -0.15) is 0 Å². The molecule has 2 amide bonds. The van der Waals surface area contributed by atoms with Crippen LogP contribution in [0.25, 0.3) is 17.3 Å². The minimum Gasteiger partial charge on any atom is -0.339 e. The molecule has 0 atom stereocenters. The van der Waals surface area contributed by atoms with Crippen LogP contribution in [0, 0.1) is 5.92 Å². The molecule has 0 bridgehead atoms. The van der Waals surface area contributed by atoms with Crippen LogP contribution in [-0.2, 0) is 9.59 Å². The Morgan fingerprint density at radius 1 is 1.10 bits per heavy atom. The number of aromatic nitrogens is 2. The Bertz CT molecular complexity index is 1030. The molecule has 0 spiro atoms. The number of thiazole rings is 1. The van der Waals surface area contributed by atoms with Crippen LogP contribution in [0.3, 0.4) is 0 Å².